The zero-order chi connectivity index (χ0) is 7.66. The average Bonchev–Trinajstić information content (AvgIpc) is 1.97. The van der Waals surface area contributed by atoms with E-state index in [-0.39, 0.29) is 0 Å². The van der Waals surface area contributed by atoms with E-state index in [4.69, 9.17) is 0 Å². The van der Waals surface area contributed by atoms with E-state index >= 15 is 0 Å². The number of hydrogen-bond acceptors (Lipinski definition) is 0. The Morgan fingerprint density at radius 2 is 1.80 bits per heavy atom. The minimum atomic E-state index is 0.639. The molecular weight excluding hydrogens is 127 g/mol. The second kappa shape index (κ2) is 8.67. The summed E-state index contributed by atoms with van der Waals surface area (Å²) in [5, 5.41) is 0. The monoisotopic (exact) mass is 144 g/mol. The molecule has 0 nitrogen and oxygen atoms in total. The molecule has 0 aromatic heterocycles. The topological polar surface area (TPSA) is 0 Å². The molecule has 0 atom stereocenters. The molecule has 0 saturated heterocycles. The first-order valence-electron chi connectivity index (χ1n) is 4.17. The molecule has 0 spiro atoms. The van der Waals surface area contributed by atoms with Crippen LogP contribution < -0.4 is 0 Å². The molecule has 0 heterocycles. The van der Waals surface area contributed by atoms with E-state index in [0.717, 1.165) is 12.8 Å². The maximum Gasteiger partial charge on any atom is 0.0827 e. The third-order valence-electron chi connectivity index (χ3n) is 1.56. The molecule has 0 radical (unpaired) electrons. The van der Waals surface area contributed by atoms with Gasteiger partial charge in [0.1, 0.15) is 0 Å². The molecule has 0 bridgehead atoms. The van der Waals surface area contributed by atoms with Crippen molar-refractivity contribution in [2.45, 2.75) is 45.4 Å². The Hall–Kier alpha value is -0.330. The minimum Gasteiger partial charge on any atom is -0.216 e. The fourth-order valence-corrected chi connectivity index (χ4v) is 0.929. The van der Waals surface area contributed by atoms with Crippen LogP contribution in [-0.4, -0.2) is 0 Å². The fraction of sp³-hybridized carbons (Fsp3) is 0.778. The fourth-order valence-electron chi connectivity index (χ4n) is 0.929. The highest BCUT2D eigenvalue weighted by Crippen LogP contribution is 2.04. The Kier molecular flexibility index (Phi) is 8.38. The smallest absolute Gasteiger partial charge is 0.0827 e. The highest BCUT2D eigenvalue weighted by Gasteiger charge is 1.85. The highest BCUT2D eigenvalue weighted by molar-refractivity contribution is 4.71. The van der Waals surface area contributed by atoms with Gasteiger partial charge in [-0.15, -0.1) is 0 Å². The Labute approximate surface area is 63.1 Å². The average molecular weight is 144 g/mol. The maximum atomic E-state index is 11.4. The molecule has 10 heavy (non-hydrogen) atoms. The molecule has 60 valence electrons. The molecule has 1 heteroatoms. The Morgan fingerprint density at radius 1 is 1.10 bits per heavy atom. The van der Waals surface area contributed by atoms with Crippen molar-refractivity contribution in [3.63, 3.8) is 0 Å². The number of hydrogen-bond donors (Lipinski definition) is 0. The van der Waals surface area contributed by atoms with Gasteiger partial charge in [0.25, 0.3) is 0 Å². The van der Waals surface area contributed by atoms with E-state index < -0.39 is 0 Å². The van der Waals surface area contributed by atoms with Crippen molar-refractivity contribution in [1.82, 2.24) is 0 Å². The van der Waals surface area contributed by atoms with Gasteiger partial charge in [0, 0.05) is 0 Å². The first kappa shape index (κ1) is 9.67. The largest absolute Gasteiger partial charge is 0.216 e. The van der Waals surface area contributed by atoms with Crippen LogP contribution in [0.15, 0.2) is 12.4 Å². The molecular formula is C9H17F. The zero-order valence-corrected chi connectivity index (χ0v) is 6.78. The van der Waals surface area contributed by atoms with Crippen LogP contribution in [-0.2, 0) is 0 Å². The predicted octanol–water partition coefficient (Wildman–Crippen LogP) is 3.83. The second-order valence-electron chi connectivity index (χ2n) is 2.56. The first-order valence-corrected chi connectivity index (χ1v) is 4.17. The van der Waals surface area contributed by atoms with Gasteiger partial charge in [-0.05, 0) is 12.8 Å². The minimum absolute atomic E-state index is 0.639. The molecule has 0 saturated carbocycles. The van der Waals surface area contributed by atoms with Crippen LogP contribution >= 0.6 is 0 Å². The van der Waals surface area contributed by atoms with Gasteiger partial charge in [0.15, 0.2) is 0 Å². The summed E-state index contributed by atoms with van der Waals surface area (Å²) in [5.74, 6) is 0. The summed E-state index contributed by atoms with van der Waals surface area (Å²) in [4.78, 5) is 0. The number of halogens is 1. The summed E-state index contributed by atoms with van der Waals surface area (Å²) in [6, 6.07) is 0. The van der Waals surface area contributed by atoms with Crippen LogP contribution in [0.1, 0.15) is 45.4 Å². The lowest BCUT2D eigenvalue weighted by molar-refractivity contribution is 0.632. The van der Waals surface area contributed by atoms with Crippen molar-refractivity contribution in [1.29, 1.82) is 0 Å². The molecule has 0 aromatic rings. The van der Waals surface area contributed by atoms with Gasteiger partial charge in [-0.1, -0.05) is 38.7 Å². The van der Waals surface area contributed by atoms with Gasteiger partial charge in [-0.25, -0.2) is 4.39 Å². The van der Waals surface area contributed by atoms with E-state index in [1.807, 2.05) is 0 Å². The Morgan fingerprint density at radius 3 is 2.40 bits per heavy atom. The normalized spacial score (nSPS) is 11.0. The lowest BCUT2D eigenvalue weighted by Crippen LogP contribution is -1.75. The van der Waals surface area contributed by atoms with Gasteiger partial charge in [0.2, 0.25) is 0 Å². The van der Waals surface area contributed by atoms with Crippen molar-refractivity contribution in [2.75, 3.05) is 0 Å². The van der Waals surface area contributed by atoms with Gasteiger partial charge in [-0.3, -0.25) is 0 Å². The second-order valence-corrected chi connectivity index (χ2v) is 2.56. The van der Waals surface area contributed by atoms with E-state index in [1.54, 1.807) is 6.08 Å². The Bertz CT molecular complexity index is 76.8. The van der Waals surface area contributed by atoms with E-state index in [9.17, 15) is 4.39 Å². The van der Waals surface area contributed by atoms with Crippen molar-refractivity contribution in [2.24, 2.45) is 0 Å². The third kappa shape index (κ3) is 7.67. The van der Waals surface area contributed by atoms with E-state index in [2.05, 4.69) is 6.92 Å². The van der Waals surface area contributed by atoms with Gasteiger partial charge >= 0.3 is 0 Å². The number of rotatable bonds is 6. The molecule has 0 rings (SSSR count). The van der Waals surface area contributed by atoms with Gasteiger partial charge in [0.05, 0.1) is 6.33 Å². The summed E-state index contributed by atoms with van der Waals surface area (Å²) in [5.41, 5.74) is 0. The molecule has 0 N–H and O–H groups in total. The molecule has 0 unspecified atom stereocenters. The van der Waals surface area contributed by atoms with Crippen LogP contribution in [0.2, 0.25) is 0 Å². The first-order chi connectivity index (χ1) is 4.91. The van der Waals surface area contributed by atoms with Gasteiger partial charge in [-0.2, -0.15) is 0 Å². The van der Waals surface area contributed by atoms with Crippen LogP contribution in [0.5, 0.6) is 0 Å². The lowest BCUT2D eigenvalue weighted by atomic mass is 10.1. The number of unbranched alkanes of at least 4 members (excludes halogenated alkanes) is 5. The molecule has 0 aliphatic heterocycles. The van der Waals surface area contributed by atoms with Crippen molar-refractivity contribution in [3.05, 3.63) is 12.4 Å². The van der Waals surface area contributed by atoms with E-state index in [0.29, 0.717) is 6.33 Å². The number of allylic oxidation sites excluding steroid dienone is 1. The SMILES string of the molecule is CCCCCCCC=CF. The summed E-state index contributed by atoms with van der Waals surface area (Å²) < 4.78 is 11.4. The predicted molar refractivity (Wildman–Crippen MR) is 43.6 cm³/mol. The van der Waals surface area contributed by atoms with Crippen molar-refractivity contribution < 1.29 is 4.39 Å². The summed E-state index contributed by atoms with van der Waals surface area (Å²) >= 11 is 0. The molecule has 0 fully saturated rings. The molecule has 0 amide bonds. The molecule has 0 aliphatic rings. The Balaban J connectivity index is 2.77. The maximum absolute atomic E-state index is 11.4. The van der Waals surface area contributed by atoms with Crippen molar-refractivity contribution in [3.8, 4) is 0 Å². The van der Waals surface area contributed by atoms with Crippen molar-refractivity contribution >= 4 is 0 Å². The standard InChI is InChI=1S/C9H17F/c1-2-3-4-5-6-7-8-9-10/h8-9H,2-7H2,1H3. The summed E-state index contributed by atoms with van der Waals surface area (Å²) in [6.07, 6.45) is 9.42. The van der Waals surface area contributed by atoms with Crippen LogP contribution in [0.3, 0.4) is 0 Å². The highest BCUT2D eigenvalue weighted by atomic mass is 19.1. The summed E-state index contributed by atoms with van der Waals surface area (Å²) in [6.45, 7) is 2.20. The quantitative estimate of drug-likeness (QED) is 0.497. The molecule has 0 aliphatic carbocycles. The third-order valence-corrected chi connectivity index (χ3v) is 1.56. The van der Waals surface area contributed by atoms with Crippen LogP contribution in [0, 0.1) is 0 Å². The van der Waals surface area contributed by atoms with Crippen LogP contribution in [0.4, 0.5) is 4.39 Å². The zero-order valence-electron chi connectivity index (χ0n) is 6.78. The summed E-state index contributed by atoms with van der Waals surface area (Å²) in [7, 11) is 0. The molecule has 0 aromatic carbocycles. The van der Waals surface area contributed by atoms with Gasteiger partial charge < -0.3 is 0 Å². The van der Waals surface area contributed by atoms with E-state index in [1.165, 1.54) is 25.7 Å². The van der Waals surface area contributed by atoms with Crippen LogP contribution in [0.25, 0.3) is 0 Å². The lowest BCUT2D eigenvalue weighted by Gasteiger charge is -1.94.